The van der Waals surface area contributed by atoms with Crippen LogP contribution in [-0.2, 0) is 18.6 Å². The summed E-state index contributed by atoms with van der Waals surface area (Å²) in [6.45, 7) is 16.0. The third-order valence-corrected chi connectivity index (χ3v) is 5.11. The molecule has 1 aliphatic heterocycles. The van der Waals surface area contributed by atoms with Crippen LogP contribution < -0.4 is 10.6 Å². The van der Waals surface area contributed by atoms with Gasteiger partial charge in [0.1, 0.15) is 5.52 Å². The van der Waals surface area contributed by atoms with Crippen molar-refractivity contribution in [2.75, 3.05) is 36.8 Å². The van der Waals surface area contributed by atoms with Gasteiger partial charge in [0.25, 0.3) is 0 Å². The summed E-state index contributed by atoms with van der Waals surface area (Å²) in [5, 5.41) is 6.38. The summed E-state index contributed by atoms with van der Waals surface area (Å²) < 4.78 is 1.54. The van der Waals surface area contributed by atoms with Crippen LogP contribution in [0.3, 0.4) is 0 Å². The Hall–Kier alpha value is -1.89. The Morgan fingerprint density at radius 1 is 1.04 bits per heavy atom. The van der Waals surface area contributed by atoms with Crippen molar-refractivity contribution in [1.82, 2.24) is 19.7 Å². The normalized spacial score (nSPS) is 15.2. The van der Waals surface area contributed by atoms with Gasteiger partial charge in [-0.3, -0.25) is 4.90 Å². The Morgan fingerprint density at radius 3 is 2.29 bits per heavy atom. The van der Waals surface area contributed by atoms with Crippen LogP contribution >= 0.6 is 0 Å². The molecule has 1 aliphatic rings. The molecule has 1 aromatic carbocycles. The minimum atomic E-state index is 0. The van der Waals surface area contributed by atoms with Crippen LogP contribution in [0.1, 0.15) is 27.7 Å². The van der Waals surface area contributed by atoms with Gasteiger partial charge in [-0.2, -0.15) is 14.0 Å². The first-order valence-electron chi connectivity index (χ1n) is 9.43. The van der Waals surface area contributed by atoms with Crippen molar-refractivity contribution < 1.29 is 18.6 Å². The summed E-state index contributed by atoms with van der Waals surface area (Å²) in [6, 6.07) is 6.43. The van der Waals surface area contributed by atoms with E-state index in [9.17, 15) is 0 Å². The van der Waals surface area contributed by atoms with Gasteiger partial charge in [-0.15, -0.1) is 6.20 Å². The quantitative estimate of drug-likeness (QED) is 0.614. The molecule has 0 spiro atoms. The summed E-state index contributed by atoms with van der Waals surface area (Å²) in [7, 11) is 3.83. The number of nitrogen functional groups attached to an aromatic ring is 1. The van der Waals surface area contributed by atoms with E-state index in [0.717, 1.165) is 42.5 Å². The average Bonchev–Trinajstić information content (AvgIpc) is 3.05. The summed E-state index contributed by atoms with van der Waals surface area (Å²) >= 11 is 0. The second kappa shape index (κ2) is 8.64. The molecule has 1 fully saturated rings. The number of piperazine rings is 1. The number of aromatic nitrogens is 3. The van der Waals surface area contributed by atoms with Crippen LogP contribution in [0.5, 0.6) is 0 Å². The summed E-state index contributed by atoms with van der Waals surface area (Å²) in [6.07, 6.45) is 1.90. The molecule has 0 saturated carbocycles. The smallest absolute Gasteiger partial charge is 0.407 e. The van der Waals surface area contributed by atoms with Gasteiger partial charge in [-0.1, -0.05) is 6.07 Å². The fourth-order valence-electron chi connectivity index (χ4n) is 3.66. The minimum absolute atomic E-state index is 0. The first kappa shape index (κ1) is 22.4. The predicted molar refractivity (Wildman–Crippen MR) is 115 cm³/mol. The Bertz CT molecular complexity index is 935. The fraction of sp³-hybridized carbons (Fsp3) is 0.429. The first-order chi connectivity index (χ1) is 12.8. The van der Waals surface area contributed by atoms with Crippen LogP contribution in [0.15, 0.2) is 24.4 Å². The van der Waals surface area contributed by atoms with E-state index in [1.54, 1.807) is 11.6 Å². The maximum Gasteiger partial charge on any atom is 2.00 e. The Morgan fingerprint density at radius 2 is 1.68 bits per heavy atom. The van der Waals surface area contributed by atoms with Gasteiger partial charge in [0.05, 0.1) is 5.52 Å². The number of fused-ring (bicyclic) bond motifs is 3. The van der Waals surface area contributed by atoms with Crippen molar-refractivity contribution in [3.8, 4) is 0 Å². The van der Waals surface area contributed by atoms with Crippen molar-refractivity contribution >= 4 is 33.3 Å². The van der Waals surface area contributed by atoms with E-state index in [1.165, 1.54) is 5.69 Å². The van der Waals surface area contributed by atoms with E-state index < -0.39 is 0 Å². The second-order valence-corrected chi connectivity index (χ2v) is 7.77. The molecule has 0 bridgehead atoms. The topological polar surface area (TPSA) is 63.2 Å². The predicted octanol–water partition coefficient (Wildman–Crippen LogP) is 3.56. The molecule has 2 N–H and O–H groups in total. The van der Waals surface area contributed by atoms with E-state index >= 15 is 0 Å². The fourth-order valence-corrected chi connectivity index (χ4v) is 3.66. The van der Waals surface area contributed by atoms with Gasteiger partial charge in [-0.25, -0.2) is 10.1 Å². The van der Waals surface area contributed by atoms with Crippen LogP contribution in [0.2, 0.25) is 0 Å². The molecule has 4 rings (SSSR count). The van der Waals surface area contributed by atoms with Gasteiger partial charge < -0.3 is 22.2 Å². The van der Waals surface area contributed by atoms with Crippen LogP contribution in [0.4, 0.5) is 11.5 Å². The van der Waals surface area contributed by atoms with Gasteiger partial charge in [0.15, 0.2) is 5.82 Å². The van der Waals surface area contributed by atoms with Gasteiger partial charge in [0, 0.05) is 37.4 Å². The van der Waals surface area contributed by atoms with Crippen LogP contribution in [0.25, 0.3) is 21.8 Å². The van der Waals surface area contributed by atoms with E-state index in [1.807, 2.05) is 6.20 Å². The Labute approximate surface area is 180 Å². The molecule has 2 aromatic heterocycles. The molecule has 3 aromatic rings. The van der Waals surface area contributed by atoms with Crippen LogP contribution in [0, 0.1) is 14.0 Å². The monoisotopic (exact) mass is 417 g/mol. The van der Waals surface area contributed by atoms with E-state index in [4.69, 9.17) is 5.73 Å². The summed E-state index contributed by atoms with van der Waals surface area (Å²) in [4.78, 5) is 9.52. The average molecular weight is 417 g/mol. The second-order valence-electron chi connectivity index (χ2n) is 7.77. The Kier molecular flexibility index (Phi) is 6.91. The number of anilines is 2. The number of nitrogens with zero attached hydrogens (tertiary/aromatic N) is 5. The van der Waals surface area contributed by atoms with Crippen molar-refractivity contribution in [2.45, 2.75) is 33.2 Å². The van der Waals surface area contributed by atoms with Crippen molar-refractivity contribution in [3.05, 3.63) is 38.4 Å². The van der Waals surface area contributed by atoms with Crippen molar-refractivity contribution in [2.24, 2.45) is 0 Å². The maximum absolute atomic E-state index is 6.10. The van der Waals surface area contributed by atoms with E-state index in [-0.39, 0.29) is 24.1 Å². The molecule has 0 atom stereocenters. The molecular weight excluding hydrogens is 387 g/mol. The zero-order valence-electron chi connectivity index (χ0n) is 17.3. The standard InChI is InChI=1S/C19H25N6.C2H5.V/c1-19(2,3)25-9-7-24(8-10-25)13-5-6-14-15-12-23(4)22-17(15)18(20)21-16(14)11-13;1-2;/h5-6,11-12H,4,7-10H2,1-3H3,(H2,20,21);1H2,2H3;/q2*-1;+2. The molecule has 0 aliphatic carbocycles. The Balaban J connectivity index is 0.000000906. The molecule has 149 valence electrons. The summed E-state index contributed by atoms with van der Waals surface area (Å²) in [5.74, 6) is 0.458. The number of pyridine rings is 1. The summed E-state index contributed by atoms with van der Waals surface area (Å²) in [5.41, 5.74) is 9.15. The molecular formula is C21H30N6V. The van der Waals surface area contributed by atoms with E-state index in [0.29, 0.717) is 11.3 Å². The molecule has 1 saturated heterocycles. The molecule has 28 heavy (non-hydrogen) atoms. The van der Waals surface area contributed by atoms with Crippen molar-refractivity contribution in [3.63, 3.8) is 0 Å². The molecule has 3 heterocycles. The zero-order chi connectivity index (χ0) is 19.8. The minimum Gasteiger partial charge on any atom is -0.407 e. The van der Waals surface area contributed by atoms with E-state index in [2.05, 4.69) is 72.8 Å². The van der Waals surface area contributed by atoms with Crippen LogP contribution in [-0.4, -0.2) is 51.4 Å². The van der Waals surface area contributed by atoms with Gasteiger partial charge >= 0.3 is 18.6 Å². The van der Waals surface area contributed by atoms with Crippen molar-refractivity contribution in [1.29, 1.82) is 0 Å². The molecule has 0 amide bonds. The molecule has 1 radical (unpaired) electrons. The molecule has 7 heteroatoms. The first-order valence-corrected chi connectivity index (χ1v) is 9.43. The number of rotatable bonds is 1. The third kappa shape index (κ3) is 4.24. The third-order valence-electron chi connectivity index (χ3n) is 5.11. The largest absolute Gasteiger partial charge is 2.00 e. The number of hydrogen-bond donors (Lipinski definition) is 1. The molecule has 6 nitrogen and oxygen atoms in total. The molecule has 0 unspecified atom stereocenters. The SMILES string of the molecule is [CH2-]C.[CH2-]n1cc2c(n1)c(N)nc1cc(N3CCN(C(C)(C)C)CC3)ccc12.[V+2]. The van der Waals surface area contributed by atoms with Gasteiger partial charge in [-0.05, 0) is 43.7 Å². The zero-order valence-corrected chi connectivity index (χ0v) is 18.7. The number of nitrogens with two attached hydrogens (primary N) is 1. The van der Waals surface area contributed by atoms with Gasteiger partial charge in [0.2, 0.25) is 0 Å². The number of benzene rings is 1. The number of hydrogen-bond acceptors (Lipinski definition) is 5. The maximum atomic E-state index is 6.10.